The third-order valence-electron chi connectivity index (χ3n) is 4.00. The summed E-state index contributed by atoms with van der Waals surface area (Å²) in [5, 5.41) is 2.99. The minimum atomic E-state index is -0.348. The monoisotopic (exact) mass is 290 g/mol. The first-order chi connectivity index (χ1) is 9.63. The Morgan fingerprint density at radius 3 is 3.00 bits per heavy atom. The van der Waals surface area contributed by atoms with Crippen molar-refractivity contribution in [2.75, 3.05) is 5.75 Å². The van der Waals surface area contributed by atoms with Crippen molar-refractivity contribution in [2.45, 2.75) is 37.7 Å². The Morgan fingerprint density at radius 1 is 1.50 bits per heavy atom. The molecule has 0 spiro atoms. The van der Waals surface area contributed by atoms with Gasteiger partial charge >= 0.3 is 0 Å². The second-order valence-electron chi connectivity index (χ2n) is 5.32. The number of benzene rings is 1. The first kappa shape index (κ1) is 13.5. The molecule has 3 rings (SSSR count). The van der Waals surface area contributed by atoms with Crippen LogP contribution in [-0.2, 0) is 4.79 Å². The van der Waals surface area contributed by atoms with Gasteiger partial charge in [0.15, 0.2) is 0 Å². The molecule has 20 heavy (non-hydrogen) atoms. The number of carbonyl (C=O) groups excluding carboxylic acids is 2. The van der Waals surface area contributed by atoms with Gasteiger partial charge in [0.05, 0.1) is 0 Å². The molecule has 2 heterocycles. The van der Waals surface area contributed by atoms with E-state index >= 15 is 0 Å². The van der Waals surface area contributed by atoms with Crippen molar-refractivity contribution in [1.82, 2.24) is 10.2 Å². The third kappa shape index (κ3) is 2.00. The summed E-state index contributed by atoms with van der Waals surface area (Å²) in [6, 6.07) is 7.45. The molecule has 0 unspecified atom stereocenters. The van der Waals surface area contributed by atoms with Crippen LogP contribution >= 0.6 is 11.8 Å². The summed E-state index contributed by atoms with van der Waals surface area (Å²) in [4.78, 5) is 26.6. The lowest BCUT2D eigenvalue weighted by Gasteiger charge is -2.24. The molecular formula is C15H18N2O2S. The van der Waals surface area contributed by atoms with Crippen molar-refractivity contribution in [3.63, 3.8) is 0 Å². The number of amides is 2. The number of carbonyl (C=O) groups is 2. The van der Waals surface area contributed by atoms with Crippen molar-refractivity contribution in [1.29, 1.82) is 0 Å². The summed E-state index contributed by atoms with van der Waals surface area (Å²) in [6.07, 6.45) is 0.892. The SMILES string of the molecule is CC[C@@H](C)NC(=O)[C@@H]1CS[C@H]2c3ccccc3C(=O)N12. The summed E-state index contributed by atoms with van der Waals surface area (Å²) in [5.41, 5.74) is 1.78. The highest BCUT2D eigenvalue weighted by Crippen LogP contribution is 2.47. The predicted octanol–water partition coefficient (Wildman–Crippen LogP) is 2.17. The Morgan fingerprint density at radius 2 is 2.25 bits per heavy atom. The van der Waals surface area contributed by atoms with Gasteiger partial charge < -0.3 is 10.2 Å². The molecule has 2 amide bonds. The maximum Gasteiger partial charge on any atom is 0.256 e. The van der Waals surface area contributed by atoms with Crippen molar-refractivity contribution < 1.29 is 9.59 Å². The molecule has 2 aliphatic heterocycles. The van der Waals surface area contributed by atoms with Gasteiger partial charge in [0.2, 0.25) is 5.91 Å². The molecule has 4 nitrogen and oxygen atoms in total. The molecule has 0 aromatic heterocycles. The fourth-order valence-corrected chi connectivity index (χ4v) is 4.15. The lowest BCUT2D eigenvalue weighted by molar-refractivity contribution is -0.125. The number of rotatable bonds is 3. The summed E-state index contributed by atoms with van der Waals surface area (Å²) in [6.45, 7) is 4.02. The number of hydrogen-bond donors (Lipinski definition) is 1. The number of nitrogens with zero attached hydrogens (tertiary/aromatic N) is 1. The minimum Gasteiger partial charge on any atom is -0.352 e. The Balaban J connectivity index is 1.83. The van der Waals surface area contributed by atoms with Gasteiger partial charge in [-0.2, -0.15) is 0 Å². The Kier molecular flexibility index (Phi) is 3.46. The molecule has 1 fully saturated rings. The van der Waals surface area contributed by atoms with Crippen LogP contribution in [0.15, 0.2) is 24.3 Å². The number of fused-ring (bicyclic) bond motifs is 3. The maximum absolute atomic E-state index is 12.5. The average molecular weight is 290 g/mol. The fraction of sp³-hybridized carbons (Fsp3) is 0.467. The molecule has 1 aromatic carbocycles. The number of hydrogen-bond acceptors (Lipinski definition) is 3. The molecule has 1 aromatic rings. The molecular weight excluding hydrogens is 272 g/mol. The van der Waals surface area contributed by atoms with Gasteiger partial charge in [-0.3, -0.25) is 9.59 Å². The van der Waals surface area contributed by atoms with Gasteiger partial charge in [-0.05, 0) is 25.0 Å². The van der Waals surface area contributed by atoms with Crippen LogP contribution in [0.1, 0.15) is 41.6 Å². The average Bonchev–Trinajstić information content (AvgIpc) is 3.00. The highest BCUT2D eigenvalue weighted by molar-refractivity contribution is 7.99. The Bertz CT molecular complexity index is 561. The first-order valence-corrected chi connectivity index (χ1v) is 8.02. The lowest BCUT2D eigenvalue weighted by atomic mass is 10.1. The van der Waals surface area contributed by atoms with Crippen LogP contribution in [0.25, 0.3) is 0 Å². The van der Waals surface area contributed by atoms with E-state index in [0.29, 0.717) is 5.75 Å². The zero-order valence-corrected chi connectivity index (χ0v) is 12.4. The Hall–Kier alpha value is -1.49. The molecule has 1 N–H and O–H groups in total. The van der Waals surface area contributed by atoms with E-state index in [1.165, 1.54) is 0 Å². The summed E-state index contributed by atoms with van der Waals surface area (Å²) in [5.74, 6) is 0.628. The molecule has 0 radical (unpaired) electrons. The summed E-state index contributed by atoms with van der Waals surface area (Å²) in [7, 11) is 0. The van der Waals surface area contributed by atoms with E-state index in [1.807, 2.05) is 38.1 Å². The van der Waals surface area contributed by atoms with E-state index in [4.69, 9.17) is 0 Å². The van der Waals surface area contributed by atoms with Gasteiger partial charge in [-0.1, -0.05) is 25.1 Å². The number of nitrogens with one attached hydrogen (secondary N) is 1. The van der Waals surface area contributed by atoms with E-state index in [-0.39, 0.29) is 29.3 Å². The largest absolute Gasteiger partial charge is 0.352 e. The molecule has 3 atom stereocenters. The third-order valence-corrected chi connectivity index (χ3v) is 5.30. The fourth-order valence-electron chi connectivity index (χ4n) is 2.68. The normalized spacial score (nSPS) is 25.3. The second-order valence-corrected chi connectivity index (χ2v) is 6.43. The van der Waals surface area contributed by atoms with Crippen molar-refractivity contribution in [3.8, 4) is 0 Å². The highest BCUT2D eigenvalue weighted by Gasteiger charge is 2.48. The van der Waals surface area contributed by atoms with Gasteiger partial charge in [0.1, 0.15) is 11.4 Å². The minimum absolute atomic E-state index is 0.00591. The molecule has 0 saturated carbocycles. The van der Waals surface area contributed by atoms with Crippen LogP contribution in [0.3, 0.4) is 0 Å². The Labute approximate surface area is 122 Å². The zero-order chi connectivity index (χ0) is 14.3. The lowest BCUT2D eigenvalue weighted by Crippen LogP contribution is -2.48. The quantitative estimate of drug-likeness (QED) is 0.928. The van der Waals surface area contributed by atoms with Crippen LogP contribution in [0, 0.1) is 0 Å². The molecule has 1 saturated heterocycles. The van der Waals surface area contributed by atoms with Gasteiger partial charge in [0.25, 0.3) is 5.91 Å². The molecule has 106 valence electrons. The smallest absolute Gasteiger partial charge is 0.256 e. The standard InChI is InChI=1S/C15H18N2O2S/c1-3-9(2)16-13(18)12-8-20-15-11-7-5-4-6-10(11)14(19)17(12)15/h4-7,9,12,15H,3,8H2,1-2H3,(H,16,18)/t9-,12+,15+/m1/s1. The summed E-state index contributed by atoms with van der Waals surface area (Å²) < 4.78 is 0. The van der Waals surface area contributed by atoms with Crippen LogP contribution < -0.4 is 5.32 Å². The van der Waals surface area contributed by atoms with Gasteiger partial charge in [-0.15, -0.1) is 11.8 Å². The highest BCUT2D eigenvalue weighted by atomic mass is 32.2. The van der Waals surface area contributed by atoms with E-state index in [0.717, 1.165) is 17.5 Å². The van der Waals surface area contributed by atoms with E-state index in [2.05, 4.69) is 5.32 Å². The van der Waals surface area contributed by atoms with Gasteiger partial charge in [-0.25, -0.2) is 0 Å². The topological polar surface area (TPSA) is 49.4 Å². The number of thioether (sulfide) groups is 1. The first-order valence-electron chi connectivity index (χ1n) is 6.97. The molecule has 0 aliphatic carbocycles. The van der Waals surface area contributed by atoms with Crippen LogP contribution in [0.2, 0.25) is 0 Å². The predicted molar refractivity (Wildman–Crippen MR) is 79.5 cm³/mol. The maximum atomic E-state index is 12.5. The van der Waals surface area contributed by atoms with E-state index in [9.17, 15) is 9.59 Å². The van der Waals surface area contributed by atoms with Gasteiger partial charge in [0, 0.05) is 17.4 Å². The van der Waals surface area contributed by atoms with Crippen molar-refractivity contribution >= 4 is 23.6 Å². The van der Waals surface area contributed by atoms with Crippen molar-refractivity contribution in [2.24, 2.45) is 0 Å². The molecule has 0 bridgehead atoms. The van der Waals surface area contributed by atoms with Crippen LogP contribution in [0.5, 0.6) is 0 Å². The van der Waals surface area contributed by atoms with Crippen LogP contribution in [-0.4, -0.2) is 34.6 Å². The zero-order valence-electron chi connectivity index (χ0n) is 11.6. The molecule has 5 heteroatoms. The van der Waals surface area contributed by atoms with Crippen LogP contribution in [0.4, 0.5) is 0 Å². The van der Waals surface area contributed by atoms with E-state index in [1.54, 1.807) is 16.7 Å². The van der Waals surface area contributed by atoms with Crippen molar-refractivity contribution in [3.05, 3.63) is 35.4 Å². The summed E-state index contributed by atoms with van der Waals surface area (Å²) >= 11 is 1.67. The second kappa shape index (κ2) is 5.13. The van der Waals surface area contributed by atoms with E-state index < -0.39 is 0 Å². The molecule has 2 aliphatic rings.